The quantitative estimate of drug-likeness (QED) is 0.305. The molecular weight excluding hydrogens is 589 g/mol. The summed E-state index contributed by atoms with van der Waals surface area (Å²) >= 11 is 14.8. The second-order valence-electron chi connectivity index (χ2n) is 9.54. The van der Waals surface area contributed by atoms with Crippen molar-refractivity contribution in [3.05, 3.63) is 57.1 Å². The van der Waals surface area contributed by atoms with Gasteiger partial charge in [-0.1, -0.05) is 42.6 Å². The van der Waals surface area contributed by atoms with E-state index in [2.05, 4.69) is 27.2 Å². The smallest absolute Gasteiger partial charge is 0.330 e. The summed E-state index contributed by atoms with van der Waals surface area (Å²) in [6.45, 7) is 3.84. The van der Waals surface area contributed by atoms with Crippen molar-refractivity contribution < 1.29 is 19.1 Å². The largest absolute Gasteiger partial charge is 0.495 e. The minimum Gasteiger partial charge on any atom is -0.495 e. The molecule has 0 spiro atoms. The Morgan fingerprint density at radius 2 is 1.88 bits per heavy atom. The molecule has 11 nitrogen and oxygen atoms in total. The molecule has 2 unspecified atom stereocenters. The van der Waals surface area contributed by atoms with Crippen LogP contribution in [0.1, 0.15) is 36.3 Å². The lowest BCUT2D eigenvalue weighted by molar-refractivity contribution is -0.117. The Morgan fingerprint density at radius 1 is 1.17 bits per heavy atom. The van der Waals surface area contributed by atoms with Gasteiger partial charge in [0.25, 0.3) is 0 Å². The summed E-state index contributed by atoms with van der Waals surface area (Å²) in [6.07, 6.45) is 8.32. The molecule has 1 saturated carbocycles. The fourth-order valence-electron chi connectivity index (χ4n) is 5.06. The van der Waals surface area contributed by atoms with Crippen LogP contribution in [0, 0.1) is 0 Å². The maximum Gasteiger partial charge on any atom is 0.330 e. The minimum absolute atomic E-state index is 0.0734. The number of urea groups is 1. The van der Waals surface area contributed by atoms with Crippen molar-refractivity contribution in [1.29, 1.82) is 0 Å². The number of halogens is 2. The number of nitrogens with zero attached hydrogens (tertiary/aromatic N) is 5. The van der Waals surface area contributed by atoms with E-state index in [0.717, 1.165) is 30.7 Å². The number of carbonyl (C=O) groups excluding carboxylic acids is 2. The molecule has 0 radical (unpaired) electrons. The van der Waals surface area contributed by atoms with Crippen LogP contribution in [0.2, 0.25) is 10.0 Å². The molecule has 3 heterocycles. The van der Waals surface area contributed by atoms with Gasteiger partial charge in [0, 0.05) is 41.5 Å². The molecule has 0 bridgehead atoms. The third kappa shape index (κ3) is 5.90. The number of carbonyl (C=O) groups is 2. The first-order valence-corrected chi connectivity index (χ1v) is 14.6. The van der Waals surface area contributed by atoms with Crippen molar-refractivity contribution >= 4 is 63.9 Å². The predicted molar refractivity (Wildman–Crippen MR) is 159 cm³/mol. The Labute approximate surface area is 251 Å². The van der Waals surface area contributed by atoms with Crippen molar-refractivity contribution in [3.8, 4) is 11.5 Å². The van der Waals surface area contributed by atoms with Gasteiger partial charge in [-0.05, 0) is 18.9 Å². The first-order chi connectivity index (χ1) is 19.8. The first kappa shape index (κ1) is 28.9. The summed E-state index contributed by atoms with van der Waals surface area (Å²) in [4.78, 5) is 42.8. The molecule has 3 amide bonds. The zero-order valence-electron chi connectivity index (χ0n) is 22.5. The number of hydrogen-bond donors (Lipinski definition) is 2. The van der Waals surface area contributed by atoms with E-state index in [-0.39, 0.29) is 46.8 Å². The highest BCUT2D eigenvalue weighted by molar-refractivity contribution is 7.09. The molecule has 1 fully saturated rings. The van der Waals surface area contributed by atoms with Crippen molar-refractivity contribution in [2.24, 2.45) is 0 Å². The van der Waals surface area contributed by atoms with E-state index in [1.165, 1.54) is 41.4 Å². The molecule has 14 heteroatoms. The number of amides is 3. The van der Waals surface area contributed by atoms with Gasteiger partial charge >= 0.3 is 6.03 Å². The van der Waals surface area contributed by atoms with Gasteiger partial charge in [-0.25, -0.2) is 14.8 Å². The third-order valence-corrected chi connectivity index (χ3v) is 8.57. The van der Waals surface area contributed by atoms with Crippen LogP contribution in [-0.4, -0.2) is 53.2 Å². The number of nitrogens with one attached hydrogen (secondary N) is 2. The molecule has 2 aliphatic rings. The Hall–Kier alpha value is -3.61. The van der Waals surface area contributed by atoms with Gasteiger partial charge in [0.1, 0.15) is 32.4 Å². The van der Waals surface area contributed by atoms with Gasteiger partial charge in [0.15, 0.2) is 0 Å². The van der Waals surface area contributed by atoms with Crippen LogP contribution in [-0.2, 0) is 17.9 Å². The maximum absolute atomic E-state index is 14.1. The summed E-state index contributed by atoms with van der Waals surface area (Å²) in [5.74, 6) is 1.21. The predicted octanol–water partition coefficient (Wildman–Crippen LogP) is 5.43. The number of thiazole rings is 1. The average Bonchev–Trinajstić information content (AvgIpc) is 3.50. The van der Waals surface area contributed by atoms with E-state index >= 15 is 0 Å². The summed E-state index contributed by atoms with van der Waals surface area (Å²) in [7, 11) is 2.95. The number of rotatable bonds is 9. The molecule has 1 aliphatic heterocycles. The van der Waals surface area contributed by atoms with Crippen LogP contribution in [0.4, 0.5) is 22.2 Å². The SMILES string of the molecule is C=CC(=O)NC1CCCCC1Nc1ncc2c(n1)N(Cc1nccs1)C(=O)N(c1c(Cl)c(OC)cc(OC)c1Cl)C2. The van der Waals surface area contributed by atoms with Crippen molar-refractivity contribution in [1.82, 2.24) is 20.3 Å². The Balaban J connectivity index is 1.52. The number of methoxy groups -OCH3 is 2. The van der Waals surface area contributed by atoms with E-state index in [0.29, 0.717) is 28.8 Å². The van der Waals surface area contributed by atoms with E-state index < -0.39 is 6.03 Å². The third-order valence-electron chi connectivity index (χ3n) is 7.08. The fourth-order valence-corrected chi connectivity index (χ4v) is 6.37. The molecule has 0 saturated heterocycles. The average molecular weight is 619 g/mol. The van der Waals surface area contributed by atoms with Crippen molar-refractivity contribution in [3.63, 3.8) is 0 Å². The highest BCUT2D eigenvalue weighted by atomic mass is 35.5. The van der Waals surface area contributed by atoms with Crippen molar-refractivity contribution in [2.75, 3.05) is 29.3 Å². The molecule has 2 aromatic heterocycles. The number of hydrogen-bond acceptors (Lipinski definition) is 9. The highest BCUT2D eigenvalue weighted by Crippen LogP contribution is 2.48. The zero-order valence-corrected chi connectivity index (χ0v) is 24.9. The molecule has 3 aromatic rings. The zero-order chi connectivity index (χ0) is 29.1. The maximum atomic E-state index is 14.1. The van der Waals surface area contributed by atoms with Gasteiger partial charge < -0.3 is 20.1 Å². The lowest BCUT2D eigenvalue weighted by Crippen LogP contribution is -2.49. The van der Waals surface area contributed by atoms with E-state index in [4.69, 9.17) is 37.7 Å². The second kappa shape index (κ2) is 12.5. The Bertz CT molecular complexity index is 1430. The van der Waals surface area contributed by atoms with Gasteiger partial charge in [0.05, 0.1) is 33.0 Å². The van der Waals surface area contributed by atoms with E-state index in [1.807, 2.05) is 5.38 Å². The van der Waals surface area contributed by atoms with Gasteiger partial charge in [-0.15, -0.1) is 11.3 Å². The molecule has 41 heavy (non-hydrogen) atoms. The second-order valence-corrected chi connectivity index (χ2v) is 11.3. The Morgan fingerprint density at radius 3 is 2.51 bits per heavy atom. The Kier molecular flexibility index (Phi) is 8.81. The van der Waals surface area contributed by atoms with Crippen LogP contribution < -0.4 is 29.9 Å². The van der Waals surface area contributed by atoms with Gasteiger partial charge in [-0.2, -0.15) is 4.98 Å². The minimum atomic E-state index is -0.398. The van der Waals surface area contributed by atoms with Gasteiger partial charge in [-0.3, -0.25) is 14.6 Å². The monoisotopic (exact) mass is 617 g/mol. The summed E-state index contributed by atoms with van der Waals surface area (Å²) in [6, 6.07) is 1.01. The first-order valence-electron chi connectivity index (χ1n) is 13.0. The summed E-state index contributed by atoms with van der Waals surface area (Å²) in [5.41, 5.74) is 0.940. The summed E-state index contributed by atoms with van der Waals surface area (Å²) < 4.78 is 10.8. The van der Waals surface area contributed by atoms with E-state index in [1.54, 1.807) is 18.5 Å². The number of benzene rings is 1. The molecule has 2 atom stereocenters. The van der Waals surface area contributed by atoms with Crippen LogP contribution in [0.25, 0.3) is 0 Å². The van der Waals surface area contributed by atoms with E-state index in [9.17, 15) is 9.59 Å². The number of fused-ring (bicyclic) bond motifs is 1. The van der Waals surface area contributed by atoms with Crippen LogP contribution in [0.5, 0.6) is 11.5 Å². The highest BCUT2D eigenvalue weighted by Gasteiger charge is 2.37. The lowest BCUT2D eigenvalue weighted by atomic mass is 9.90. The number of anilines is 3. The topological polar surface area (TPSA) is 122 Å². The molecule has 216 valence electrons. The van der Waals surface area contributed by atoms with Crippen molar-refractivity contribution in [2.45, 2.75) is 50.9 Å². The number of aromatic nitrogens is 3. The fraction of sp³-hybridized carbons (Fsp3) is 0.370. The van der Waals surface area contributed by atoms with Crippen LogP contribution in [0.3, 0.4) is 0 Å². The van der Waals surface area contributed by atoms with Crippen LogP contribution >= 0.6 is 34.5 Å². The molecule has 1 aromatic carbocycles. The molecule has 5 rings (SSSR count). The molecule has 1 aliphatic carbocycles. The van der Waals surface area contributed by atoms with Gasteiger partial charge in [0.2, 0.25) is 11.9 Å². The lowest BCUT2D eigenvalue weighted by Gasteiger charge is -2.37. The standard InChI is InChI=1S/C27H29Cl2N7O4S/c1-4-20(37)32-16-7-5-6-8-17(16)33-26-31-12-15-13-35(24-22(28)18(39-2)11-19(40-3)23(24)29)27(38)36(25(15)34-26)14-21-30-9-10-41-21/h4,9-12,16-17H,1,5-8,13-14H2,2-3H3,(H,32,37)(H,31,33,34). The molecular formula is C27H29Cl2N7O4S. The molecule has 2 N–H and O–H groups in total. The number of ether oxygens (including phenoxy) is 2. The van der Waals surface area contributed by atoms with Crippen LogP contribution in [0.15, 0.2) is 36.5 Å². The normalized spacial score (nSPS) is 18.5. The summed E-state index contributed by atoms with van der Waals surface area (Å²) in [5, 5.41) is 9.30.